The summed E-state index contributed by atoms with van der Waals surface area (Å²) in [6.07, 6.45) is 3.59. The third-order valence-corrected chi connectivity index (χ3v) is 5.52. The lowest BCUT2D eigenvalue weighted by atomic mass is 9.94. The van der Waals surface area contributed by atoms with E-state index in [-0.39, 0.29) is 11.8 Å². The van der Waals surface area contributed by atoms with Crippen LogP contribution in [-0.4, -0.2) is 19.0 Å². The SMILES string of the molecule is CCc1cccc(CC)c1NC(=O)C1CCN(c2cccc(Cl)c2)CC1. The molecule has 1 heterocycles. The van der Waals surface area contributed by atoms with Crippen LogP contribution in [0.15, 0.2) is 42.5 Å². The molecular weight excluding hydrogens is 344 g/mol. The number of rotatable bonds is 5. The van der Waals surface area contributed by atoms with Gasteiger partial charge in [0.2, 0.25) is 5.91 Å². The number of carbonyl (C=O) groups is 1. The quantitative estimate of drug-likeness (QED) is 0.772. The Morgan fingerprint density at radius 2 is 1.69 bits per heavy atom. The summed E-state index contributed by atoms with van der Waals surface area (Å²) in [5, 5.41) is 3.99. The summed E-state index contributed by atoms with van der Waals surface area (Å²) >= 11 is 6.10. The molecule has 1 aliphatic rings. The van der Waals surface area contributed by atoms with Crippen LogP contribution in [0.2, 0.25) is 5.02 Å². The van der Waals surface area contributed by atoms with Crippen molar-refractivity contribution in [3.8, 4) is 0 Å². The first-order valence-corrected chi connectivity index (χ1v) is 9.92. The monoisotopic (exact) mass is 370 g/mol. The normalized spacial score (nSPS) is 15.1. The second kappa shape index (κ2) is 8.59. The molecule has 0 aliphatic carbocycles. The maximum absolute atomic E-state index is 12.9. The van der Waals surface area contributed by atoms with Crippen LogP contribution in [0.4, 0.5) is 11.4 Å². The Hall–Kier alpha value is -2.00. The topological polar surface area (TPSA) is 32.3 Å². The molecule has 0 spiro atoms. The van der Waals surface area contributed by atoms with Crippen molar-refractivity contribution in [3.63, 3.8) is 0 Å². The first-order valence-electron chi connectivity index (χ1n) is 9.54. The molecule has 1 N–H and O–H groups in total. The molecule has 3 rings (SSSR count). The van der Waals surface area contributed by atoms with E-state index >= 15 is 0 Å². The average Bonchev–Trinajstić information content (AvgIpc) is 2.68. The van der Waals surface area contributed by atoms with E-state index in [0.717, 1.165) is 55.2 Å². The van der Waals surface area contributed by atoms with E-state index in [1.54, 1.807) is 0 Å². The highest BCUT2D eigenvalue weighted by atomic mass is 35.5. The van der Waals surface area contributed by atoms with Crippen molar-refractivity contribution >= 4 is 28.9 Å². The van der Waals surface area contributed by atoms with E-state index in [1.807, 2.05) is 18.2 Å². The number of aryl methyl sites for hydroxylation is 2. The number of anilines is 2. The van der Waals surface area contributed by atoms with Gasteiger partial charge < -0.3 is 10.2 Å². The van der Waals surface area contributed by atoms with E-state index < -0.39 is 0 Å². The van der Waals surface area contributed by atoms with E-state index in [1.165, 1.54) is 11.1 Å². The fourth-order valence-corrected chi connectivity index (χ4v) is 3.89. The maximum Gasteiger partial charge on any atom is 0.227 e. The van der Waals surface area contributed by atoms with Gasteiger partial charge in [-0.3, -0.25) is 4.79 Å². The Labute approximate surface area is 161 Å². The number of piperidine rings is 1. The number of nitrogens with one attached hydrogen (secondary N) is 1. The summed E-state index contributed by atoms with van der Waals surface area (Å²) in [6.45, 7) is 6.03. The summed E-state index contributed by atoms with van der Waals surface area (Å²) in [4.78, 5) is 15.2. The molecule has 2 aromatic rings. The van der Waals surface area contributed by atoms with Gasteiger partial charge in [0.1, 0.15) is 0 Å². The van der Waals surface area contributed by atoms with Gasteiger partial charge in [-0.15, -0.1) is 0 Å². The third-order valence-electron chi connectivity index (χ3n) is 5.29. The summed E-state index contributed by atoms with van der Waals surface area (Å²) in [6, 6.07) is 14.2. The van der Waals surface area contributed by atoms with Crippen LogP contribution in [-0.2, 0) is 17.6 Å². The second-order valence-electron chi connectivity index (χ2n) is 6.89. The zero-order chi connectivity index (χ0) is 18.5. The molecule has 0 saturated carbocycles. The van der Waals surface area contributed by atoms with E-state index in [2.05, 4.69) is 48.3 Å². The lowest BCUT2D eigenvalue weighted by molar-refractivity contribution is -0.120. The van der Waals surface area contributed by atoms with Crippen LogP contribution >= 0.6 is 11.6 Å². The lowest BCUT2D eigenvalue weighted by Crippen LogP contribution is -2.38. The number of hydrogen-bond acceptors (Lipinski definition) is 2. The predicted molar refractivity (Wildman–Crippen MR) is 110 cm³/mol. The average molecular weight is 371 g/mol. The minimum Gasteiger partial charge on any atom is -0.371 e. The van der Waals surface area contributed by atoms with Gasteiger partial charge in [0, 0.05) is 35.4 Å². The minimum absolute atomic E-state index is 0.0695. The number of amides is 1. The van der Waals surface area contributed by atoms with Crippen molar-refractivity contribution < 1.29 is 4.79 Å². The van der Waals surface area contributed by atoms with E-state index in [4.69, 9.17) is 11.6 Å². The predicted octanol–water partition coefficient (Wildman–Crippen LogP) is 5.32. The summed E-state index contributed by atoms with van der Waals surface area (Å²) in [5.41, 5.74) is 4.60. The second-order valence-corrected chi connectivity index (χ2v) is 7.33. The summed E-state index contributed by atoms with van der Waals surface area (Å²) in [7, 11) is 0. The van der Waals surface area contributed by atoms with Gasteiger partial charge in [0.15, 0.2) is 0 Å². The molecule has 2 aromatic carbocycles. The van der Waals surface area contributed by atoms with Crippen molar-refractivity contribution in [3.05, 3.63) is 58.6 Å². The Bertz CT molecular complexity index is 744. The smallest absolute Gasteiger partial charge is 0.227 e. The maximum atomic E-state index is 12.9. The van der Waals surface area contributed by atoms with Crippen molar-refractivity contribution in [1.29, 1.82) is 0 Å². The van der Waals surface area contributed by atoms with Crippen LogP contribution in [0.3, 0.4) is 0 Å². The minimum atomic E-state index is 0.0695. The fraction of sp³-hybridized carbons (Fsp3) is 0.409. The van der Waals surface area contributed by atoms with Crippen molar-refractivity contribution in [2.45, 2.75) is 39.5 Å². The zero-order valence-corrected chi connectivity index (χ0v) is 16.4. The van der Waals surface area contributed by atoms with Crippen LogP contribution < -0.4 is 10.2 Å². The van der Waals surface area contributed by atoms with Gasteiger partial charge in [-0.2, -0.15) is 0 Å². The number of para-hydroxylation sites is 1. The standard InChI is InChI=1S/C22H27ClN2O/c1-3-16-7-5-8-17(4-2)21(16)24-22(26)18-11-13-25(14-12-18)20-10-6-9-19(23)15-20/h5-10,15,18H,3-4,11-14H2,1-2H3,(H,24,26). The van der Waals surface area contributed by atoms with E-state index in [9.17, 15) is 4.79 Å². The molecule has 138 valence electrons. The van der Waals surface area contributed by atoms with Crippen LogP contribution in [0.25, 0.3) is 0 Å². The zero-order valence-electron chi connectivity index (χ0n) is 15.6. The van der Waals surface area contributed by atoms with Gasteiger partial charge in [-0.1, -0.05) is 49.7 Å². The molecule has 0 radical (unpaired) electrons. The van der Waals surface area contributed by atoms with Crippen molar-refractivity contribution in [2.24, 2.45) is 5.92 Å². The van der Waals surface area contributed by atoms with Crippen LogP contribution in [0.1, 0.15) is 37.8 Å². The Morgan fingerprint density at radius 1 is 1.08 bits per heavy atom. The molecule has 1 aliphatic heterocycles. The lowest BCUT2D eigenvalue weighted by Gasteiger charge is -2.33. The molecule has 1 amide bonds. The highest BCUT2D eigenvalue weighted by Gasteiger charge is 2.26. The number of halogens is 1. The highest BCUT2D eigenvalue weighted by Crippen LogP contribution is 2.28. The van der Waals surface area contributed by atoms with Gasteiger partial charge in [-0.25, -0.2) is 0 Å². The Morgan fingerprint density at radius 3 is 2.27 bits per heavy atom. The molecule has 1 fully saturated rings. The van der Waals surface area contributed by atoms with Gasteiger partial charge in [0.25, 0.3) is 0 Å². The third kappa shape index (κ3) is 4.21. The first kappa shape index (κ1) is 18.8. The fourth-order valence-electron chi connectivity index (χ4n) is 3.70. The summed E-state index contributed by atoms with van der Waals surface area (Å²) in [5.74, 6) is 0.228. The summed E-state index contributed by atoms with van der Waals surface area (Å²) < 4.78 is 0. The number of hydrogen-bond donors (Lipinski definition) is 1. The molecule has 0 bridgehead atoms. The molecule has 0 aromatic heterocycles. The van der Waals surface area contributed by atoms with Crippen LogP contribution in [0.5, 0.6) is 0 Å². The van der Waals surface area contributed by atoms with Gasteiger partial charge >= 0.3 is 0 Å². The van der Waals surface area contributed by atoms with Crippen LogP contribution in [0, 0.1) is 5.92 Å². The largest absolute Gasteiger partial charge is 0.371 e. The van der Waals surface area contributed by atoms with Crippen molar-refractivity contribution in [1.82, 2.24) is 0 Å². The molecule has 4 heteroatoms. The molecule has 1 saturated heterocycles. The number of benzene rings is 2. The number of carbonyl (C=O) groups excluding carboxylic acids is 1. The number of nitrogens with zero attached hydrogens (tertiary/aromatic N) is 1. The highest BCUT2D eigenvalue weighted by molar-refractivity contribution is 6.30. The molecule has 0 atom stereocenters. The molecule has 3 nitrogen and oxygen atoms in total. The van der Waals surface area contributed by atoms with E-state index in [0.29, 0.717) is 0 Å². The molecular formula is C22H27ClN2O. The van der Waals surface area contributed by atoms with Gasteiger partial charge in [0.05, 0.1) is 0 Å². The first-order chi connectivity index (χ1) is 12.6. The Balaban J connectivity index is 1.64. The molecule has 26 heavy (non-hydrogen) atoms. The molecule has 0 unspecified atom stereocenters. The van der Waals surface area contributed by atoms with Gasteiger partial charge in [-0.05, 0) is 55.0 Å². The Kier molecular flexibility index (Phi) is 6.20. The van der Waals surface area contributed by atoms with Crippen molar-refractivity contribution in [2.75, 3.05) is 23.3 Å².